The Bertz CT molecular complexity index is 1180. The molecular weight excluding hydrogens is 427 g/mol. The summed E-state index contributed by atoms with van der Waals surface area (Å²) < 4.78 is 43.2. The zero-order valence-corrected chi connectivity index (χ0v) is 15.8. The van der Waals surface area contributed by atoms with E-state index in [0.717, 1.165) is 12.1 Å². The zero-order valence-electron chi connectivity index (χ0n) is 15.0. The van der Waals surface area contributed by atoms with Crippen LogP contribution >= 0.6 is 11.6 Å². The van der Waals surface area contributed by atoms with Crippen molar-refractivity contribution in [2.45, 2.75) is 12.6 Å². The molecule has 0 atom stereocenters. The molecule has 0 radical (unpaired) electrons. The number of carbonyl (C=O) groups is 2. The van der Waals surface area contributed by atoms with E-state index >= 15 is 0 Å². The maximum Gasteiger partial charge on any atom is 0.416 e. The number of esters is 1. The van der Waals surface area contributed by atoms with Gasteiger partial charge in [0.1, 0.15) is 0 Å². The Morgan fingerprint density at radius 3 is 2.53 bits per heavy atom. The Balaban J connectivity index is 1.63. The third kappa shape index (κ3) is 4.95. The molecule has 0 aliphatic rings. The Morgan fingerprint density at radius 2 is 1.83 bits per heavy atom. The molecule has 2 N–H and O–H groups in total. The molecule has 0 unspecified atom stereocenters. The number of anilines is 1. The summed E-state index contributed by atoms with van der Waals surface area (Å²) in [4.78, 5) is 35.7. The first kappa shape index (κ1) is 21.3. The van der Waals surface area contributed by atoms with E-state index in [-0.39, 0.29) is 22.8 Å². The normalized spacial score (nSPS) is 11.3. The topological polar surface area (TPSA) is 101 Å². The van der Waals surface area contributed by atoms with E-state index in [0.29, 0.717) is 16.8 Å². The third-order valence-corrected chi connectivity index (χ3v) is 4.35. The first-order valence-electron chi connectivity index (χ1n) is 8.43. The van der Waals surface area contributed by atoms with Crippen LogP contribution in [0.2, 0.25) is 5.02 Å². The van der Waals surface area contributed by atoms with E-state index in [1.54, 1.807) is 24.3 Å². The molecule has 0 aliphatic heterocycles. The van der Waals surface area contributed by atoms with Gasteiger partial charge in [-0.2, -0.15) is 18.3 Å². The number of carbonyl (C=O) groups excluding carboxylic acids is 2. The van der Waals surface area contributed by atoms with Gasteiger partial charge in [-0.15, -0.1) is 0 Å². The summed E-state index contributed by atoms with van der Waals surface area (Å²) in [5.74, 6) is -1.69. The fourth-order valence-corrected chi connectivity index (χ4v) is 2.79. The van der Waals surface area contributed by atoms with Gasteiger partial charge >= 0.3 is 12.1 Å². The number of aromatic amines is 1. The number of hydrogen-bond donors (Lipinski definition) is 2. The predicted octanol–water partition coefficient (Wildman–Crippen LogP) is 3.32. The SMILES string of the molecule is O=C(COC(=O)Cc1n[nH]c(=O)c2ccccc12)Nc1cc(C(F)(F)F)ccc1Cl. The number of hydrogen-bond acceptors (Lipinski definition) is 5. The van der Waals surface area contributed by atoms with E-state index in [2.05, 4.69) is 15.5 Å². The van der Waals surface area contributed by atoms with Crippen molar-refractivity contribution >= 4 is 39.9 Å². The number of benzene rings is 2. The van der Waals surface area contributed by atoms with Gasteiger partial charge in [0, 0.05) is 5.39 Å². The number of ether oxygens (including phenoxy) is 1. The van der Waals surface area contributed by atoms with Crippen molar-refractivity contribution < 1.29 is 27.5 Å². The minimum absolute atomic E-state index is 0.105. The van der Waals surface area contributed by atoms with Gasteiger partial charge < -0.3 is 10.1 Å². The van der Waals surface area contributed by atoms with Crippen LogP contribution in [0.4, 0.5) is 18.9 Å². The molecule has 0 fully saturated rings. The van der Waals surface area contributed by atoms with Crippen molar-refractivity contribution in [3.63, 3.8) is 0 Å². The summed E-state index contributed by atoms with van der Waals surface area (Å²) >= 11 is 5.80. The van der Waals surface area contributed by atoms with Crippen molar-refractivity contribution in [1.29, 1.82) is 0 Å². The monoisotopic (exact) mass is 439 g/mol. The number of H-pyrrole nitrogens is 1. The Labute approximate surface area is 171 Å². The Morgan fingerprint density at radius 1 is 1.13 bits per heavy atom. The van der Waals surface area contributed by atoms with Gasteiger partial charge in [0.05, 0.1) is 33.8 Å². The molecule has 3 rings (SSSR count). The largest absolute Gasteiger partial charge is 0.455 e. The minimum Gasteiger partial charge on any atom is -0.455 e. The van der Waals surface area contributed by atoms with E-state index in [1.165, 1.54) is 0 Å². The third-order valence-electron chi connectivity index (χ3n) is 4.02. The lowest BCUT2D eigenvalue weighted by Crippen LogP contribution is -2.23. The molecule has 156 valence electrons. The molecule has 7 nitrogen and oxygen atoms in total. The number of fused-ring (bicyclic) bond motifs is 1. The van der Waals surface area contributed by atoms with Crippen LogP contribution < -0.4 is 10.9 Å². The van der Waals surface area contributed by atoms with Gasteiger partial charge in [-0.1, -0.05) is 29.8 Å². The highest BCUT2D eigenvalue weighted by Gasteiger charge is 2.31. The second kappa shape index (κ2) is 8.54. The van der Waals surface area contributed by atoms with E-state index in [1.807, 2.05) is 0 Å². The van der Waals surface area contributed by atoms with Crippen molar-refractivity contribution in [2.24, 2.45) is 0 Å². The van der Waals surface area contributed by atoms with Gasteiger partial charge in [-0.05, 0) is 24.3 Å². The van der Waals surface area contributed by atoms with Crippen molar-refractivity contribution in [1.82, 2.24) is 10.2 Å². The van der Waals surface area contributed by atoms with E-state index in [9.17, 15) is 27.6 Å². The summed E-state index contributed by atoms with van der Waals surface area (Å²) in [5.41, 5.74) is -1.42. The number of nitrogens with one attached hydrogen (secondary N) is 2. The average molecular weight is 440 g/mol. The maximum atomic E-state index is 12.8. The van der Waals surface area contributed by atoms with Crippen LogP contribution in [0.15, 0.2) is 47.3 Å². The minimum atomic E-state index is -4.61. The lowest BCUT2D eigenvalue weighted by Gasteiger charge is -2.12. The van der Waals surface area contributed by atoms with Crippen LogP contribution in [0.5, 0.6) is 0 Å². The van der Waals surface area contributed by atoms with Crippen molar-refractivity contribution in [3.05, 3.63) is 69.1 Å². The van der Waals surface area contributed by atoms with Crippen molar-refractivity contribution in [3.8, 4) is 0 Å². The summed E-state index contributed by atoms with van der Waals surface area (Å²) in [7, 11) is 0. The summed E-state index contributed by atoms with van der Waals surface area (Å²) in [6.07, 6.45) is -4.93. The molecule has 11 heteroatoms. The number of halogens is 4. The van der Waals surface area contributed by atoms with Crippen LogP contribution in [0, 0.1) is 0 Å². The fourth-order valence-electron chi connectivity index (χ4n) is 2.62. The molecule has 0 bridgehead atoms. The lowest BCUT2D eigenvalue weighted by molar-refractivity contribution is -0.146. The van der Waals surface area contributed by atoms with E-state index < -0.39 is 35.8 Å². The van der Waals surface area contributed by atoms with Crippen LogP contribution in [0.25, 0.3) is 10.8 Å². The van der Waals surface area contributed by atoms with Gasteiger partial charge in [0.2, 0.25) is 0 Å². The zero-order chi connectivity index (χ0) is 21.9. The van der Waals surface area contributed by atoms with Crippen LogP contribution in [0.3, 0.4) is 0 Å². The summed E-state index contributed by atoms with van der Waals surface area (Å²) in [6.45, 7) is -0.743. The Hall–Kier alpha value is -3.40. The number of rotatable bonds is 5. The van der Waals surface area contributed by atoms with E-state index in [4.69, 9.17) is 16.3 Å². The second-order valence-corrected chi connectivity index (χ2v) is 6.53. The average Bonchev–Trinajstić information content (AvgIpc) is 2.69. The first-order valence-corrected chi connectivity index (χ1v) is 8.81. The summed E-state index contributed by atoms with van der Waals surface area (Å²) in [5, 5.41) is 8.95. The van der Waals surface area contributed by atoms with Crippen LogP contribution in [-0.2, 0) is 26.9 Å². The molecule has 1 heterocycles. The molecule has 1 amide bonds. The first-order chi connectivity index (χ1) is 14.1. The fraction of sp³-hybridized carbons (Fsp3) is 0.158. The number of aromatic nitrogens is 2. The molecule has 0 spiro atoms. The summed E-state index contributed by atoms with van der Waals surface area (Å²) in [6, 6.07) is 8.96. The van der Waals surface area contributed by atoms with Crippen LogP contribution in [-0.4, -0.2) is 28.7 Å². The number of nitrogens with zero attached hydrogens (tertiary/aromatic N) is 1. The van der Waals surface area contributed by atoms with Gasteiger partial charge in [-0.25, -0.2) is 5.10 Å². The smallest absolute Gasteiger partial charge is 0.416 e. The molecule has 30 heavy (non-hydrogen) atoms. The molecule has 0 saturated heterocycles. The van der Waals surface area contributed by atoms with Gasteiger partial charge in [0.25, 0.3) is 11.5 Å². The predicted molar refractivity (Wildman–Crippen MR) is 102 cm³/mol. The molecule has 0 saturated carbocycles. The molecule has 2 aromatic carbocycles. The van der Waals surface area contributed by atoms with Gasteiger partial charge in [0.15, 0.2) is 6.61 Å². The van der Waals surface area contributed by atoms with Crippen LogP contribution in [0.1, 0.15) is 11.3 Å². The second-order valence-electron chi connectivity index (χ2n) is 6.12. The van der Waals surface area contributed by atoms with Gasteiger partial charge in [-0.3, -0.25) is 14.4 Å². The highest BCUT2D eigenvalue weighted by molar-refractivity contribution is 6.33. The highest BCUT2D eigenvalue weighted by Crippen LogP contribution is 2.33. The maximum absolute atomic E-state index is 12.8. The number of alkyl halides is 3. The quantitative estimate of drug-likeness (QED) is 0.594. The standard InChI is InChI=1S/C19H13ClF3N3O4/c20-13-6-5-10(19(21,22)23)7-15(13)24-16(27)9-30-17(28)8-14-11-3-1-2-4-12(11)18(29)26-25-14/h1-7H,8-9H2,(H,24,27)(H,26,29). The van der Waals surface area contributed by atoms with Crippen molar-refractivity contribution in [2.75, 3.05) is 11.9 Å². The lowest BCUT2D eigenvalue weighted by atomic mass is 10.1. The molecule has 0 aliphatic carbocycles. The molecule has 3 aromatic rings. The Kier molecular flexibility index (Phi) is 6.06. The molecular formula is C19H13ClF3N3O4. The molecule has 1 aromatic heterocycles. The highest BCUT2D eigenvalue weighted by atomic mass is 35.5. The number of amides is 1.